The number of halogens is 3. The van der Waals surface area contributed by atoms with Crippen LogP contribution in [0.15, 0.2) is 21.5 Å². The van der Waals surface area contributed by atoms with E-state index >= 15 is 0 Å². The van der Waals surface area contributed by atoms with Crippen LogP contribution in [0.1, 0.15) is 30.8 Å². The molecular weight excluding hydrogens is 379 g/mol. The van der Waals surface area contributed by atoms with E-state index in [2.05, 4.69) is 10.1 Å². The summed E-state index contributed by atoms with van der Waals surface area (Å²) in [5.74, 6) is 0.806. The van der Waals surface area contributed by atoms with E-state index in [1.807, 2.05) is 4.90 Å². The van der Waals surface area contributed by atoms with Crippen LogP contribution in [0.2, 0.25) is 0 Å². The van der Waals surface area contributed by atoms with Crippen molar-refractivity contribution in [2.45, 2.75) is 44.2 Å². The molecular formula is C17H18F3N5O3. The van der Waals surface area contributed by atoms with E-state index < -0.39 is 11.7 Å². The first-order valence-corrected chi connectivity index (χ1v) is 9.04. The molecule has 1 saturated heterocycles. The number of anilines is 2. The standard InChI is InChI=1S/C17H18F3N5O3/c1-16(17(18,19)20)2-3-24-14(26)7-13-21-15(24)25(16)8-10-6-12(28-22-10)11-9-27-5-4-23(11)13/h6-7,11H,2-5,8-9H2,1H3/t11-,16-/m0/s1. The van der Waals surface area contributed by atoms with Crippen LogP contribution in [0.25, 0.3) is 0 Å². The highest BCUT2D eigenvalue weighted by Crippen LogP contribution is 2.44. The van der Waals surface area contributed by atoms with Gasteiger partial charge in [-0.2, -0.15) is 18.2 Å². The first-order valence-electron chi connectivity index (χ1n) is 9.04. The van der Waals surface area contributed by atoms with E-state index in [1.54, 1.807) is 6.07 Å². The SMILES string of the molecule is C[C@@]1(C(F)(F)F)CCn2c3nc(cc2=O)N2CCOC[C@H]2c2cc(no2)CN31. The van der Waals surface area contributed by atoms with Gasteiger partial charge in [0.05, 0.1) is 19.8 Å². The molecule has 0 aliphatic carbocycles. The Labute approximate surface area is 157 Å². The predicted octanol–water partition coefficient (Wildman–Crippen LogP) is 1.85. The van der Waals surface area contributed by atoms with Crippen molar-refractivity contribution in [3.63, 3.8) is 0 Å². The molecule has 2 aromatic rings. The molecule has 0 radical (unpaired) electrons. The second-order valence-corrected chi connectivity index (χ2v) is 7.52. The number of nitrogens with zero attached hydrogens (tertiary/aromatic N) is 5. The molecule has 0 amide bonds. The monoisotopic (exact) mass is 397 g/mol. The van der Waals surface area contributed by atoms with Crippen molar-refractivity contribution in [1.29, 1.82) is 0 Å². The Kier molecular flexibility index (Phi) is 3.58. The molecule has 3 aliphatic heterocycles. The molecule has 11 heteroatoms. The largest absolute Gasteiger partial charge is 0.411 e. The Morgan fingerprint density at radius 1 is 1.29 bits per heavy atom. The van der Waals surface area contributed by atoms with Crippen molar-refractivity contribution in [1.82, 2.24) is 14.7 Å². The lowest BCUT2D eigenvalue weighted by molar-refractivity contribution is -0.187. The summed E-state index contributed by atoms with van der Waals surface area (Å²) in [6.07, 6.45) is -4.76. The first-order chi connectivity index (χ1) is 13.3. The van der Waals surface area contributed by atoms with Gasteiger partial charge in [-0.25, -0.2) is 0 Å². The topological polar surface area (TPSA) is 76.6 Å². The second-order valence-electron chi connectivity index (χ2n) is 7.52. The van der Waals surface area contributed by atoms with Crippen molar-refractivity contribution < 1.29 is 22.4 Å². The average molecular weight is 397 g/mol. The number of hydrogen-bond acceptors (Lipinski definition) is 7. The third-order valence-corrected chi connectivity index (χ3v) is 5.89. The van der Waals surface area contributed by atoms with E-state index in [0.717, 1.165) is 11.8 Å². The van der Waals surface area contributed by atoms with Crippen LogP contribution in [-0.4, -0.2) is 46.2 Å². The van der Waals surface area contributed by atoms with Crippen LogP contribution in [0.4, 0.5) is 24.9 Å². The minimum atomic E-state index is -4.51. The third-order valence-electron chi connectivity index (χ3n) is 5.89. The van der Waals surface area contributed by atoms with E-state index in [9.17, 15) is 18.0 Å². The number of fused-ring (bicyclic) bond motifs is 6. The Morgan fingerprint density at radius 3 is 2.89 bits per heavy atom. The number of morpholine rings is 1. The van der Waals surface area contributed by atoms with E-state index in [0.29, 0.717) is 37.0 Å². The summed E-state index contributed by atoms with van der Waals surface area (Å²) in [6.45, 7) is 2.10. The second kappa shape index (κ2) is 5.72. The van der Waals surface area contributed by atoms with Gasteiger partial charge in [-0.15, -0.1) is 0 Å². The lowest BCUT2D eigenvalue weighted by atomic mass is 9.92. The maximum absolute atomic E-state index is 14.0. The zero-order valence-electron chi connectivity index (χ0n) is 15.1. The van der Waals surface area contributed by atoms with Gasteiger partial charge in [0.1, 0.15) is 23.1 Å². The zero-order valence-corrected chi connectivity index (χ0v) is 15.1. The highest BCUT2D eigenvalue weighted by molar-refractivity contribution is 5.50. The summed E-state index contributed by atoms with van der Waals surface area (Å²) in [7, 11) is 0. The molecule has 5 rings (SSSR count). The van der Waals surface area contributed by atoms with Gasteiger partial charge >= 0.3 is 6.18 Å². The van der Waals surface area contributed by atoms with Gasteiger partial charge in [0.2, 0.25) is 5.95 Å². The molecule has 150 valence electrons. The fraction of sp³-hybridized carbons (Fsp3) is 0.588. The third kappa shape index (κ3) is 2.38. The molecule has 0 spiro atoms. The number of rotatable bonds is 0. The molecule has 0 aromatic carbocycles. The molecule has 8 nitrogen and oxygen atoms in total. The van der Waals surface area contributed by atoms with Crippen LogP contribution >= 0.6 is 0 Å². The van der Waals surface area contributed by atoms with E-state index in [-0.39, 0.29) is 37.1 Å². The van der Waals surface area contributed by atoms with Crippen molar-refractivity contribution >= 4 is 11.8 Å². The number of hydrogen-bond donors (Lipinski definition) is 0. The van der Waals surface area contributed by atoms with Gasteiger partial charge in [0, 0.05) is 25.2 Å². The number of aromatic nitrogens is 3. The highest BCUT2D eigenvalue weighted by atomic mass is 19.4. The fourth-order valence-corrected chi connectivity index (χ4v) is 4.11. The molecule has 3 aliphatic rings. The Morgan fingerprint density at radius 2 is 2.11 bits per heavy atom. The lowest BCUT2D eigenvalue weighted by Gasteiger charge is -2.47. The predicted molar refractivity (Wildman–Crippen MR) is 91.2 cm³/mol. The molecule has 28 heavy (non-hydrogen) atoms. The molecule has 0 N–H and O–H groups in total. The maximum atomic E-state index is 14.0. The van der Waals surface area contributed by atoms with Gasteiger partial charge in [-0.3, -0.25) is 9.36 Å². The average Bonchev–Trinajstić information content (AvgIpc) is 3.11. The fourth-order valence-electron chi connectivity index (χ4n) is 4.11. The summed E-state index contributed by atoms with van der Waals surface area (Å²) in [5.41, 5.74) is -2.19. The molecule has 4 bridgehead atoms. The summed E-state index contributed by atoms with van der Waals surface area (Å²) in [6, 6.07) is 2.69. The summed E-state index contributed by atoms with van der Waals surface area (Å²) >= 11 is 0. The Balaban J connectivity index is 1.75. The smallest absolute Gasteiger partial charge is 0.377 e. The summed E-state index contributed by atoms with van der Waals surface area (Å²) < 4.78 is 54.4. The molecule has 0 unspecified atom stereocenters. The first kappa shape index (κ1) is 17.5. The van der Waals surface area contributed by atoms with Crippen molar-refractivity contribution in [3.8, 4) is 0 Å². The molecule has 2 aromatic heterocycles. The minimum Gasteiger partial charge on any atom is -0.377 e. The van der Waals surface area contributed by atoms with E-state index in [4.69, 9.17) is 9.26 Å². The zero-order chi connectivity index (χ0) is 19.7. The van der Waals surface area contributed by atoms with E-state index in [1.165, 1.54) is 10.6 Å². The van der Waals surface area contributed by atoms with Crippen LogP contribution in [0.5, 0.6) is 0 Å². The van der Waals surface area contributed by atoms with Gasteiger partial charge in [0.15, 0.2) is 5.76 Å². The molecule has 0 saturated carbocycles. The molecule has 1 fully saturated rings. The summed E-state index contributed by atoms with van der Waals surface area (Å²) in [4.78, 5) is 20.2. The normalized spacial score (nSPS) is 26.8. The van der Waals surface area contributed by atoms with Crippen molar-refractivity contribution in [3.05, 3.63) is 33.9 Å². The van der Waals surface area contributed by atoms with Gasteiger partial charge in [0.25, 0.3) is 5.56 Å². The number of alkyl halides is 3. The Hall–Kier alpha value is -2.56. The minimum absolute atomic E-state index is 0.00488. The van der Waals surface area contributed by atoms with Crippen LogP contribution < -0.4 is 15.4 Å². The lowest BCUT2D eigenvalue weighted by Crippen LogP contribution is -2.61. The quantitative estimate of drug-likeness (QED) is 0.672. The molecule has 5 heterocycles. The van der Waals surface area contributed by atoms with Crippen molar-refractivity contribution in [2.24, 2.45) is 0 Å². The van der Waals surface area contributed by atoms with Gasteiger partial charge in [-0.05, 0) is 13.3 Å². The highest BCUT2D eigenvalue weighted by Gasteiger charge is 2.57. The van der Waals surface area contributed by atoms with Crippen LogP contribution in [-0.2, 0) is 17.8 Å². The molecule has 2 atom stereocenters. The maximum Gasteiger partial charge on any atom is 0.411 e. The summed E-state index contributed by atoms with van der Waals surface area (Å²) in [5, 5.41) is 3.98. The number of ether oxygens (including phenoxy) is 1. The van der Waals surface area contributed by atoms with Crippen LogP contribution in [0.3, 0.4) is 0 Å². The van der Waals surface area contributed by atoms with Crippen molar-refractivity contribution in [2.75, 3.05) is 29.6 Å². The van der Waals surface area contributed by atoms with Crippen LogP contribution in [0, 0.1) is 0 Å². The van der Waals surface area contributed by atoms with Gasteiger partial charge < -0.3 is 19.1 Å². The van der Waals surface area contributed by atoms with Gasteiger partial charge in [-0.1, -0.05) is 5.16 Å². The Bertz CT molecular complexity index is 987.